The Labute approximate surface area is 218 Å². The van der Waals surface area contributed by atoms with Crippen LogP contribution in [0.3, 0.4) is 0 Å². The van der Waals surface area contributed by atoms with Crippen molar-refractivity contribution in [3.8, 4) is 0 Å². The van der Waals surface area contributed by atoms with Crippen LogP contribution in [0, 0.1) is 5.92 Å². The van der Waals surface area contributed by atoms with Crippen LogP contribution in [-0.2, 0) is 14.3 Å². The average Bonchev–Trinajstić information content (AvgIpc) is 2.75. The molecule has 2 atom stereocenters. The molecule has 0 bridgehead atoms. The van der Waals surface area contributed by atoms with E-state index in [4.69, 9.17) is 4.74 Å². The molecule has 0 radical (unpaired) electrons. The Morgan fingerprint density at radius 2 is 1.14 bits per heavy atom. The van der Waals surface area contributed by atoms with Crippen LogP contribution in [0.5, 0.6) is 0 Å². The molecule has 2 unspecified atom stereocenters. The van der Waals surface area contributed by atoms with Gasteiger partial charge < -0.3 is 19.1 Å². The van der Waals surface area contributed by atoms with Crippen LogP contribution < -0.4 is 5.11 Å². The Hall–Kier alpha value is -1.10. The number of hydrogen-bond acceptors (Lipinski definition) is 4. The standard InChI is InChI=1S/C30H59NO4/c1-6-7-8-16-19-22-27(2)23-20-17-14-12-10-9-11-13-15-18-21-24-30(34)35-28(25-29(32)33)26-31(3,4)5/h27-28H,6-26H2,1-5H3. The molecule has 5 heteroatoms. The minimum Gasteiger partial charge on any atom is -0.550 e. The fourth-order valence-electron chi connectivity index (χ4n) is 4.78. The van der Waals surface area contributed by atoms with E-state index in [0.717, 1.165) is 25.2 Å². The van der Waals surface area contributed by atoms with Crippen LogP contribution in [0.2, 0.25) is 0 Å². The monoisotopic (exact) mass is 497 g/mol. The van der Waals surface area contributed by atoms with E-state index in [0.29, 0.717) is 17.4 Å². The van der Waals surface area contributed by atoms with Gasteiger partial charge in [0.2, 0.25) is 0 Å². The van der Waals surface area contributed by atoms with E-state index in [1.807, 2.05) is 21.1 Å². The van der Waals surface area contributed by atoms with Gasteiger partial charge in [0.25, 0.3) is 0 Å². The highest BCUT2D eigenvalue weighted by Gasteiger charge is 2.22. The maximum absolute atomic E-state index is 12.1. The summed E-state index contributed by atoms with van der Waals surface area (Å²) in [6, 6.07) is 0. The van der Waals surface area contributed by atoms with Gasteiger partial charge in [-0.1, -0.05) is 123 Å². The molecule has 0 aliphatic heterocycles. The van der Waals surface area contributed by atoms with Crippen molar-refractivity contribution in [1.82, 2.24) is 0 Å². The average molecular weight is 498 g/mol. The van der Waals surface area contributed by atoms with Crippen LogP contribution in [0.1, 0.15) is 142 Å². The van der Waals surface area contributed by atoms with Gasteiger partial charge in [-0.3, -0.25) is 4.79 Å². The van der Waals surface area contributed by atoms with Crippen LogP contribution in [0.25, 0.3) is 0 Å². The molecule has 0 aliphatic rings. The second-order valence-corrected chi connectivity index (χ2v) is 11.9. The van der Waals surface area contributed by atoms with Crippen molar-refractivity contribution in [2.75, 3.05) is 27.7 Å². The number of carbonyl (C=O) groups excluding carboxylic acids is 2. The lowest BCUT2D eigenvalue weighted by atomic mass is 9.96. The van der Waals surface area contributed by atoms with Crippen molar-refractivity contribution in [1.29, 1.82) is 0 Å². The zero-order valence-electron chi connectivity index (χ0n) is 24.1. The lowest BCUT2D eigenvalue weighted by molar-refractivity contribution is -0.873. The van der Waals surface area contributed by atoms with Gasteiger partial charge in [-0.2, -0.15) is 0 Å². The third kappa shape index (κ3) is 25.8. The highest BCUT2D eigenvalue weighted by atomic mass is 16.5. The molecule has 0 aromatic carbocycles. The normalized spacial score (nSPS) is 13.5. The summed E-state index contributed by atoms with van der Waals surface area (Å²) in [5.41, 5.74) is 0. The third-order valence-corrected chi connectivity index (χ3v) is 6.82. The van der Waals surface area contributed by atoms with E-state index < -0.39 is 12.1 Å². The molecule has 0 aromatic rings. The Morgan fingerprint density at radius 1 is 0.714 bits per heavy atom. The number of hydrogen-bond donors (Lipinski definition) is 0. The van der Waals surface area contributed by atoms with Gasteiger partial charge in [0.1, 0.15) is 6.54 Å². The quantitative estimate of drug-likeness (QED) is 0.0789. The molecular weight excluding hydrogens is 438 g/mol. The Balaban J connectivity index is 3.53. The highest BCUT2D eigenvalue weighted by molar-refractivity contribution is 5.70. The summed E-state index contributed by atoms with van der Waals surface area (Å²) in [5, 5.41) is 10.9. The number of carboxylic acid groups (broad SMARTS) is 1. The predicted molar refractivity (Wildman–Crippen MR) is 145 cm³/mol. The second-order valence-electron chi connectivity index (χ2n) is 11.9. The maximum Gasteiger partial charge on any atom is 0.306 e. The Morgan fingerprint density at radius 3 is 1.57 bits per heavy atom. The van der Waals surface area contributed by atoms with Crippen LogP contribution in [0.4, 0.5) is 0 Å². The zero-order valence-corrected chi connectivity index (χ0v) is 24.1. The predicted octanol–water partition coefficient (Wildman–Crippen LogP) is 6.81. The number of unbranched alkanes of at least 4 members (excludes halogenated alkanes) is 14. The lowest BCUT2D eigenvalue weighted by Crippen LogP contribution is -2.45. The van der Waals surface area contributed by atoms with Crippen molar-refractivity contribution >= 4 is 11.9 Å². The molecule has 5 nitrogen and oxygen atoms in total. The van der Waals surface area contributed by atoms with Crippen LogP contribution in [-0.4, -0.2) is 50.2 Å². The molecule has 0 aromatic heterocycles. The van der Waals surface area contributed by atoms with Crippen molar-refractivity contribution in [3.05, 3.63) is 0 Å². The molecule has 0 heterocycles. The van der Waals surface area contributed by atoms with E-state index in [1.165, 1.54) is 96.3 Å². The van der Waals surface area contributed by atoms with Crippen molar-refractivity contribution in [3.63, 3.8) is 0 Å². The van der Waals surface area contributed by atoms with E-state index in [9.17, 15) is 14.7 Å². The van der Waals surface area contributed by atoms with Gasteiger partial charge in [-0.15, -0.1) is 0 Å². The number of likely N-dealkylation sites (N-methyl/N-ethyl adjacent to an activating group) is 1. The van der Waals surface area contributed by atoms with Gasteiger partial charge in [0.05, 0.1) is 21.1 Å². The Bertz CT molecular complexity index is 515. The number of nitrogens with zero attached hydrogens (tertiary/aromatic N) is 1. The molecule has 35 heavy (non-hydrogen) atoms. The van der Waals surface area contributed by atoms with E-state index in [2.05, 4.69) is 13.8 Å². The van der Waals surface area contributed by atoms with Gasteiger partial charge in [-0.05, 0) is 12.3 Å². The van der Waals surface area contributed by atoms with Gasteiger partial charge in [-0.25, -0.2) is 0 Å². The van der Waals surface area contributed by atoms with Gasteiger partial charge in [0, 0.05) is 18.8 Å². The number of rotatable bonds is 25. The maximum atomic E-state index is 12.1. The lowest BCUT2D eigenvalue weighted by Gasteiger charge is -2.29. The largest absolute Gasteiger partial charge is 0.550 e. The summed E-state index contributed by atoms with van der Waals surface area (Å²) in [6.07, 6.45) is 23.1. The fraction of sp³-hybridized carbons (Fsp3) is 0.933. The van der Waals surface area contributed by atoms with Crippen LogP contribution >= 0.6 is 0 Å². The molecule has 0 fully saturated rings. The molecule has 208 valence electrons. The van der Waals surface area contributed by atoms with Crippen molar-refractivity contribution < 1.29 is 23.9 Å². The first kappa shape index (κ1) is 33.9. The van der Waals surface area contributed by atoms with Gasteiger partial charge in [0.15, 0.2) is 6.10 Å². The van der Waals surface area contributed by atoms with E-state index in [-0.39, 0.29) is 12.4 Å². The Kier molecular flexibility index (Phi) is 21.4. The molecular formula is C30H59NO4. The number of carboxylic acids is 1. The smallest absolute Gasteiger partial charge is 0.306 e. The molecule has 0 aliphatic carbocycles. The number of ether oxygens (including phenoxy) is 1. The molecule has 0 rings (SSSR count). The molecule has 0 saturated carbocycles. The van der Waals surface area contributed by atoms with Crippen molar-refractivity contribution in [2.45, 2.75) is 148 Å². The zero-order chi connectivity index (χ0) is 26.4. The summed E-state index contributed by atoms with van der Waals surface area (Å²) in [4.78, 5) is 23.0. The SMILES string of the molecule is CCCCCCCC(C)CCCCCCCCCCCCCC(=O)OC(CC(=O)[O-])C[N+](C)(C)C. The first-order valence-corrected chi connectivity index (χ1v) is 14.8. The fourth-order valence-corrected chi connectivity index (χ4v) is 4.78. The molecule has 0 spiro atoms. The van der Waals surface area contributed by atoms with Crippen LogP contribution in [0.15, 0.2) is 0 Å². The highest BCUT2D eigenvalue weighted by Crippen LogP contribution is 2.19. The summed E-state index contributed by atoms with van der Waals surface area (Å²) in [6.45, 7) is 5.18. The van der Waals surface area contributed by atoms with Gasteiger partial charge >= 0.3 is 5.97 Å². The molecule has 0 amide bonds. The van der Waals surface area contributed by atoms with E-state index in [1.54, 1.807) is 0 Å². The minimum atomic E-state index is -1.17. The summed E-state index contributed by atoms with van der Waals surface area (Å²) in [7, 11) is 5.86. The molecule has 0 saturated heterocycles. The topological polar surface area (TPSA) is 66.4 Å². The summed E-state index contributed by atoms with van der Waals surface area (Å²) in [5.74, 6) is -0.551. The third-order valence-electron chi connectivity index (χ3n) is 6.82. The summed E-state index contributed by atoms with van der Waals surface area (Å²) < 4.78 is 5.95. The van der Waals surface area contributed by atoms with Crippen molar-refractivity contribution in [2.24, 2.45) is 5.92 Å². The number of aliphatic carboxylic acids is 1. The number of carbonyl (C=O) groups is 2. The summed E-state index contributed by atoms with van der Waals surface area (Å²) >= 11 is 0. The number of quaternary nitrogens is 1. The van der Waals surface area contributed by atoms with E-state index >= 15 is 0 Å². The first-order chi connectivity index (χ1) is 16.6. The number of esters is 1. The first-order valence-electron chi connectivity index (χ1n) is 14.8. The minimum absolute atomic E-state index is 0.237. The molecule has 0 N–H and O–H groups in total. The second kappa shape index (κ2) is 22.1.